The van der Waals surface area contributed by atoms with Gasteiger partial charge in [0.1, 0.15) is 17.3 Å². The standard InChI is InChI=1S/C12H20O.2C11H20N2.C11H19NO.C11H19NS.2C10H19N3.C9H18N4/c1-11(2,3)9-7-8-10(13-9)12(4,5)6;1-10(2,3)9-7-13(8-12-9)11(4,5)6;1-10(2,3)9-7-12-13(8-9)11(4,5)6;2*1-10(2,3)8-7-12-9(13-8)11(4,5)6;2*1-9(2,3)8-7-13(12-11-8)10(4,5)6;1-8(2,3)7-10-12-13(11-7)9(4,5)6/h3*7-8H,1-6H3;4*7H,1-6H3;1-6H3. The van der Waals surface area contributed by atoms with Crippen molar-refractivity contribution < 1.29 is 8.83 Å². The lowest BCUT2D eigenvalue weighted by molar-refractivity contribution is 0.303. The Hall–Kier alpha value is -6.11. The molecule has 8 aromatic rings. The van der Waals surface area contributed by atoms with Crippen LogP contribution in [0, 0.1) is 0 Å². The van der Waals surface area contributed by atoms with Crippen molar-refractivity contribution >= 4 is 11.3 Å². The molecule has 592 valence electrons. The first kappa shape index (κ1) is 95.9. The van der Waals surface area contributed by atoms with Gasteiger partial charge in [-0.3, -0.25) is 4.68 Å². The molecular weight excluding hydrogens is 1310 g/mol. The van der Waals surface area contributed by atoms with E-state index in [1.165, 1.54) is 15.4 Å². The van der Waals surface area contributed by atoms with Crippen LogP contribution in [0.3, 0.4) is 0 Å². The topological polar surface area (TPSA) is 193 Å². The minimum atomic E-state index is -0.0868. The van der Waals surface area contributed by atoms with Gasteiger partial charge in [0, 0.05) is 90.1 Å². The Labute approximate surface area is 639 Å². The number of aromatic nitrogens is 16. The first-order valence-corrected chi connectivity index (χ1v) is 38.3. The van der Waals surface area contributed by atoms with Crippen LogP contribution in [0.1, 0.15) is 394 Å². The van der Waals surface area contributed by atoms with Crippen molar-refractivity contribution in [2.45, 2.75) is 420 Å². The summed E-state index contributed by atoms with van der Waals surface area (Å²) in [5, 5.41) is 34.6. The van der Waals surface area contributed by atoms with E-state index in [9.17, 15) is 0 Å². The van der Waals surface area contributed by atoms with Crippen molar-refractivity contribution in [1.29, 1.82) is 0 Å². The fourth-order valence-corrected chi connectivity index (χ4v) is 8.93. The van der Waals surface area contributed by atoms with Crippen molar-refractivity contribution in [3.8, 4) is 0 Å². The van der Waals surface area contributed by atoms with Crippen molar-refractivity contribution in [3.63, 3.8) is 0 Å². The third-order valence-electron chi connectivity index (χ3n) is 15.7. The average molecular weight is 1460 g/mol. The van der Waals surface area contributed by atoms with Crippen LogP contribution >= 0.6 is 11.3 Å². The fraction of sp³-hybridized carbons (Fsp3) is 0.753. The molecule has 0 fully saturated rings. The molecule has 18 nitrogen and oxygen atoms in total. The predicted molar refractivity (Wildman–Crippen MR) is 440 cm³/mol. The Morgan fingerprint density at radius 2 is 0.721 bits per heavy atom. The molecule has 0 aromatic carbocycles. The van der Waals surface area contributed by atoms with Crippen molar-refractivity contribution in [2.24, 2.45) is 0 Å². The molecule has 19 heteroatoms. The molecule has 0 aliphatic carbocycles. The van der Waals surface area contributed by atoms with E-state index >= 15 is 0 Å². The SMILES string of the molecule is CC(C)(C)c1ccc(C(C)(C)C)o1.CC(C)(C)c1cn(C(C)(C)C)cn1.CC(C)(C)c1cn(C(C)(C)C)nn1.CC(C)(C)c1cn(C(C)(C)C)nn1.CC(C)(C)c1cnc(C(C)(C)C)o1.CC(C)(C)c1cnc(C(C)(C)C)s1.CC(C)(C)c1cnn(C(C)(C)C)c1.CC(C)(C)c1nnn(C(C)(C)C)n1. The summed E-state index contributed by atoms with van der Waals surface area (Å²) in [4.78, 5) is 16.2. The predicted octanol–water partition coefficient (Wildman–Crippen LogP) is 23.1. The number of oxazole rings is 1. The van der Waals surface area contributed by atoms with Crippen LogP contribution in [0.2, 0.25) is 0 Å². The van der Waals surface area contributed by atoms with Crippen LogP contribution in [0.25, 0.3) is 0 Å². The quantitative estimate of drug-likeness (QED) is 0.139. The molecule has 0 N–H and O–H groups in total. The zero-order chi connectivity index (χ0) is 82.2. The van der Waals surface area contributed by atoms with Gasteiger partial charge < -0.3 is 13.4 Å². The Kier molecular flexibility index (Phi) is 31.3. The van der Waals surface area contributed by atoms with E-state index in [4.69, 9.17) is 8.83 Å². The highest BCUT2D eigenvalue weighted by Gasteiger charge is 2.30. The fourth-order valence-electron chi connectivity index (χ4n) is 7.90. The summed E-state index contributed by atoms with van der Waals surface area (Å²) in [7, 11) is 0. The number of hydrogen-bond donors (Lipinski definition) is 0. The number of imidazole rings is 1. The molecular formula is C85H154N16O2S. The number of hydrogen-bond acceptors (Lipinski definition) is 14. The van der Waals surface area contributed by atoms with Gasteiger partial charge in [0.25, 0.3) is 0 Å². The second kappa shape index (κ2) is 34.0. The average Bonchev–Trinajstić information content (AvgIpc) is 1.75. The monoisotopic (exact) mass is 1460 g/mol. The van der Waals surface area contributed by atoms with E-state index in [1.807, 2.05) is 62.7 Å². The highest BCUT2D eigenvalue weighted by molar-refractivity contribution is 7.11. The minimum absolute atomic E-state index is 0.00347. The molecule has 0 radical (unpaired) electrons. The first-order valence-electron chi connectivity index (χ1n) is 37.5. The highest BCUT2D eigenvalue weighted by Crippen LogP contribution is 2.35. The van der Waals surface area contributed by atoms with E-state index in [0.29, 0.717) is 0 Å². The molecule has 8 rings (SSSR count). The molecule has 104 heavy (non-hydrogen) atoms. The summed E-state index contributed by atoms with van der Waals surface area (Å²) in [5.41, 5.74) is 5.93. The van der Waals surface area contributed by atoms with E-state index in [2.05, 4.69) is 418 Å². The van der Waals surface area contributed by atoms with Gasteiger partial charge in [-0.2, -0.15) is 9.90 Å². The zero-order valence-corrected chi connectivity index (χ0v) is 76.5. The molecule has 0 aliphatic rings. The number of rotatable bonds is 0. The van der Waals surface area contributed by atoms with Gasteiger partial charge in [-0.15, -0.1) is 31.7 Å². The van der Waals surface area contributed by atoms with Crippen molar-refractivity contribution in [1.82, 2.24) is 79.5 Å². The Morgan fingerprint density at radius 1 is 0.308 bits per heavy atom. The minimum Gasteiger partial charge on any atom is -0.465 e. The van der Waals surface area contributed by atoms with E-state index in [-0.39, 0.29) is 87.3 Å². The molecule has 0 bridgehead atoms. The van der Waals surface area contributed by atoms with Crippen LogP contribution in [0.5, 0.6) is 0 Å². The largest absolute Gasteiger partial charge is 0.465 e. The lowest BCUT2D eigenvalue weighted by atomic mass is 9.90. The maximum absolute atomic E-state index is 5.81. The van der Waals surface area contributed by atoms with Crippen molar-refractivity contribution in [2.75, 3.05) is 0 Å². The molecule has 0 unspecified atom stereocenters. The van der Waals surface area contributed by atoms with E-state index < -0.39 is 0 Å². The highest BCUT2D eigenvalue weighted by atomic mass is 32.1. The van der Waals surface area contributed by atoms with E-state index in [0.717, 1.165) is 46.1 Å². The van der Waals surface area contributed by atoms with Gasteiger partial charge >= 0.3 is 0 Å². The Balaban J connectivity index is 0.000000594. The van der Waals surface area contributed by atoms with Crippen molar-refractivity contribution in [3.05, 3.63) is 123 Å². The van der Waals surface area contributed by atoms with Gasteiger partial charge in [-0.05, 0) is 138 Å². The molecule has 0 saturated carbocycles. The molecule has 0 amide bonds. The van der Waals surface area contributed by atoms with Gasteiger partial charge in [0.05, 0.1) is 63.0 Å². The second-order valence-electron chi connectivity index (χ2n) is 44.2. The van der Waals surface area contributed by atoms with Gasteiger partial charge in [-0.1, -0.05) is 239 Å². The Bertz CT molecular complexity index is 2810. The maximum atomic E-state index is 5.81. The van der Waals surface area contributed by atoms with Crippen LogP contribution < -0.4 is 0 Å². The molecule has 0 spiro atoms. The number of furan rings is 1. The summed E-state index contributed by atoms with van der Waals surface area (Å²) < 4.78 is 19.5. The summed E-state index contributed by atoms with van der Waals surface area (Å²) in [5.74, 6) is 4.70. The number of thiazole rings is 1. The van der Waals surface area contributed by atoms with Gasteiger partial charge in [0.2, 0.25) is 0 Å². The van der Waals surface area contributed by atoms with Crippen LogP contribution in [-0.4, -0.2) is 79.5 Å². The summed E-state index contributed by atoms with van der Waals surface area (Å²) in [6.07, 6.45) is 16.1. The smallest absolute Gasteiger partial charge is 0.199 e. The lowest BCUT2D eigenvalue weighted by Gasteiger charge is -2.20. The first-order chi connectivity index (χ1) is 45.7. The van der Waals surface area contributed by atoms with E-state index in [1.54, 1.807) is 4.80 Å². The third-order valence-corrected chi connectivity index (χ3v) is 17.6. The molecule has 8 heterocycles. The molecule has 0 saturated heterocycles. The van der Waals surface area contributed by atoms with Gasteiger partial charge in [0.15, 0.2) is 11.7 Å². The number of nitrogens with zero attached hydrogens (tertiary/aromatic N) is 16. The van der Waals surface area contributed by atoms with Gasteiger partial charge in [-0.25, -0.2) is 24.3 Å². The molecule has 0 atom stereocenters. The molecule has 0 aliphatic heterocycles. The zero-order valence-electron chi connectivity index (χ0n) is 75.7. The van der Waals surface area contributed by atoms with Crippen LogP contribution in [0.15, 0.2) is 70.7 Å². The second-order valence-corrected chi connectivity index (χ2v) is 45.2. The summed E-state index contributed by atoms with van der Waals surface area (Å²) in [6, 6.07) is 4.17. The molecule has 8 aromatic heterocycles. The Morgan fingerprint density at radius 3 is 0.913 bits per heavy atom. The number of tetrazole rings is 1. The normalized spacial score (nSPS) is 13.4. The maximum Gasteiger partial charge on any atom is 0.199 e. The third kappa shape index (κ3) is 32.9. The van der Waals surface area contributed by atoms with Crippen LogP contribution in [-0.2, 0) is 87.3 Å². The lowest BCUT2D eigenvalue weighted by Crippen LogP contribution is -2.25. The summed E-state index contributed by atoms with van der Waals surface area (Å²) >= 11 is 1.84. The van der Waals surface area contributed by atoms with Crippen LogP contribution in [0.4, 0.5) is 0 Å². The summed E-state index contributed by atoms with van der Waals surface area (Å²) in [6.45, 7) is 103.